The first kappa shape index (κ1) is 17.6. The third-order valence-corrected chi connectivity index (χ3v) is 5.69. The SMILES string of the molecule is O=C(c1ccc(-c2cnc3ccccc3c2)cc1)N1CCC(c2cccnc2)C1. The predicted molar refractivity (Wildman–Crippen MR) is 115 cm³/mol. The quantitative estimate of drug-likeness (QED) is 0.507. The average Bonchev–Trinajstić information content (AvgIpc) is 3.29. The van der Waals surface area contributed by atoms with Crippen LogP contribution in [0.15, 0.2) is 85.3 Å². The highest BCUT2D eigenvalue weighted by atomic mass is 16.2. The number of nitrogens with zero attached hydrogens (tertiary/aromatic N) is 3. The molecule has 1 saturated heterocycles. The molecule has 4 heteroatoms. The summed E-state index contributed by atoms with van der Waals surface area (Å²) in [6.07, 6.45) is 6.56. The highest BCUT2D eigenvalue weighted by Crippen LogP contribution is 2.28. The lowest BCUT2D eigenvalue weighted by atomic mass is 10.0. The van der Waals surface area contributed by atoms with Crippen LogP contribution in [0.3, 0.4) is 0 Å². The predicted octanol–water partition coefficient (Wildman–Crippen LogP) is 4.93. The Bertz CT molecular complexity index is 1160. The molecule has 0 saturated carbocycles. The Morgan fingerprint density at radius 3 is 2.62 bits per heavy atom. The first-order chi connectivity index (χ1) is 14.3. The number of fused-ring (bicyclic) bond motifs is 1. The van der Waals surface area contributed by atoms with Gasteiger partial charge in [-0.15, -0.1) is 0 Å². The first-order valence-corrected chi connectivity index (χ1v) is 9.92. The standard InChI is InChI=1S/C25H21N3O/c29-25(28-13-11-22(17-28)21-5-3-12-26-15-21)19-9-7-18(8-10-19)23-14-20-4-1-2-6-24(20)27-16-23/h1-10,12,14-16,22H,11,13,17H2. The number of likely N-dealkylation sites (tertiary alicyclic amines) is 1. The van der Waals surface area contributed by atoms with E-state index in [0.29, 0.717) is 5.92 Å². The van der Waals surface area contributed by atoms with E-state index in [1.165, 1.54) is 5.56 Å². The summed E-state index contributed by atoms with van der Waals surface area (Å²) in [7, 11) is 0. The number of benzene rings is 2. The van der Waals surface area contributed by atoms with E-state index < -0.39 is 0 Å². The minimum Gasteiger partial charge on any atom is -0.338 e. The Labute approximate surface area is 169 Å². The molecule has 4 aromatic rings. The lowest BCUT2D eigenvalue weighted by molar-refractivity contribution is 0.0791. The summed E-state index contributed by atoms with van der Waals surface area (Å²) in [6.45, 7) is 1.54. The van der Waals surface area contributed by atoms with E-state index in [-0.39, 0.29) is 5.91 Å². The number of carbonyl (C=O) groups is 1. The van der Waals surface area contributed by atoms with Crippen molar-refractivity contribution in [2.24, 2.45) is 0 Å². The van der Waals surface area contributed by atoms with Crippen molar-refractivity contribution >= 4 is 16.8 Å². The van der Waals surface area contributed by atoms with Crippen molar-refractivity contribution in [3.8, 4) is 11.1 Å². The molecule has 1 amide bonds. The molecule has 3 heterocycles. The summed E-state index contributed by atoms with van der Waals surface area (Å²) in [6, 6.07) is 22.1. The van der Waals surface area contributed by atoms with Crippen LogP contribution in [0.25, 0.3) is 22.0 Å². The number of carbonyl (C=O) groups excluding carboxylic acids is 1. The van der Waals surface area contributed by atoms with E-state index in [9.17, 15) is 4.79 Å². The second-order valence-electron chi connectivity index (χ2n) is 7.52. The minimum absolute atomic E-state index is 0.0968. The molecule has 1 fully saturated rings. The third kappa shape index (κ3) is 3.49. The van der Waals surface area contributed by atoms with Gasteiger partial charge in [0.2, 0.25) is 0 Å². The Hall–Kier alpha value is -3.53. The van der Waals surface area contributed by atoms with Crippen molar-refractivity contribution < 1.29 is 4.79 Å². The monoisotopic (exact) mass is 379 g/mol. The normalized spacial score (nSPS) is 16.3. The molecule has 0 bridgehead atoms. The van der Waals surface area contributed by atoms with Crippen molar-refractivity contribution in [2.45, 2.75) is 12.3 Å². The van der Waals surface area contributed by atoms with Gasteiger partial charge >= 0.3 is 0 Å². The van der Waals surface area contributed by atoms with Crippen LogP contribution >= 0.6 is 0 Å². The lowest BCUT2D eigenvalue weighted by Crippen LogP contribution is -2.28. The van der Waals surface area contributed by atoms with E-state index in [2.05, 4.69) is 28.2 Å². The van der Waals surface area contributed by atoms with Crippen LogP contribution in [0.4, 0.5) is 0 Å². The smallest absolute Gasteiger partial charge is 0.253 e. The number of hydrogen-bond acceptors (Lipinski definition) is 3. The Balaban J connectivity index is 1.32. The minimum atomic E-state index is 0.0968. The van der Waals surface area contributed by atoms with Crippen LogP contribution in [-0.4, -0.2) is 33.9 Å². The molecule has 142 valence electrons. The number of amides is 1. The molecule has 0 aliphatic carbocycles. The van der Waals surface area contributed by atoms with Gasteiger partial charge in [-0.05, 0) is 47.9 Å². The van der Waals surface area contributed by atoms with Gasteiger partial charge in [0.05, 0.1) is 5.52 Å². The maximum Gasteiger partial charge on any atom is 0.253 e. The van der Waals surface area contributed by atoms with Gasteiger partial charge in [-0.1, -0.05) is 36.4 Å². The zero-order valence-corrected chi connectivity index (χ0v) is 16.0. The van der Waals surface area contributed by atoms with Crippen LogP contribution in [0.2, 0.25) is 0 Å². The van der Waals surface area contributed by atoms with Gasteiger partial charge in [0.1, 0.15) is 0 Å². The van der Waals surface area contributed by atoms with Gasteiger partial charge in [-0.3, -0.25) is 14.8 Å². The molecule has 0 spiro atoms. The molecular formula is C25H21N3O. The second kappa shape index (κ2) is 7.47. The van der Waals surface area contributed by atoms with Crippen LogP contribution in [0, 0.1) is 0 Å². The van der Waals surface area contributed by atoms with E-state index in [4.69, 9.17) is 0 Å². The topological polar surface area (TPSA) is 46.1 Å². The Morgan fingerprint density at radius 2 is 1.79 bits per heavy atom. The number of para-hydroxylation sites is 1. The largest absolute Gasteiger partial charge is 0.338 e. The molecule has 1 atom stereocenters. The van der Waals surface area contributed by atoms with Crippen LogP contribution in [-0.2, 0) is 0 Å². The van der Waals surface area contributed by atoms with Crippen LogP contribution < -0.4 is 0 Å². The van der Waals surface area contributed by atoms with Gasteiger partial charge in [0.15, 0.2) is 0 Å². The Morgan fingerprint density at radius 1 is 0.931 bits per heavy atom. The molecule has 1 unspecified atom stereocenters. The number of rotatable bonds is 3. The van der Waals surface area contributed by atoms with E-state index >= 15 is 0 Å². The van der Waals surface area contributed by atoms with Crippen molar-refractivity contribution in [1.29, 1.82) is 0 Å². The van der Waals surface area contributed by atoms with Crippen molar-refractivity contribution in [3.63, 3.8) is 0 Å². The van der Waals surface area contributed by atoms with Crippen LogP contribution in [0.1, 0.15) is 28.3 Å². The molecule has 2 aromatic heterocycles. The highest BCUT2D eigenvalue weighted by Gasteiger charge is 2.28. The summed E-state index contributed by atoms with van der Waals surface area (Å²) < 4.78 is 0. The number of aromatic nitrogens is 2. The maximum atomic E-state index is 12.9. The molecule has 4 nitrogen and oxygen atoms in total. The lowest BCUT2D eigenvalue weighted by Gasteiger charge is -2.17. The molecular weight excluding hydrogens is 358 g/mol. The molecule has 2 aromatic carbocycles. The number of hydrogen-bond donors (Lipinski definition) is 0. The molecule has 29 heavy (non-hydrogen) atoms. The summed E-state index contributed by atoms with van der Waals surface area (Å²) in [4.78, 5) is 23.6. The van der Waals surface area contributed by atoms with E-state index in [1.807, 2.05) is 65.8 Å². The van der Waals surface area contributed by atoms with Gasteiger partial charge in [-0.2, -0.15) is 0 Å². The summed E-state index contributed by atoms with van der Waals surface area (Å²) >= 11 is 0. The summed E-state index contributed by atoms with van der Waals surface area (Å²) in [5.41, 5.74) is 5.05. The third-order valence-electron chi connectivity index (χ3n) is 5.69. The fourth-order valence-electron chi connectivity index (χ4n) is 4.05. The zero-order valence-electron chi connectivity index (χ0n) is 16.0. The first-order valence-electron chi connectivity index (χ1n) is 9.92. The maximum absolute atomic E-state index is 12.9. The van der Waals surface area contributed by atoms with Crippen molar-refractivity contribution in [3.05, 3.63) is 96.4 Å². The summed E-state index contributed by atoms with van der Waals surface area (Å²) in [5.74, 6) is 0.468. The molecule has 5 rings (SSSR count). The summed E-state index contributed by atoms with van der Waals surface area (Å²) in [5, 5.41) is 1.11. The van der Waals surface area contributed by atoms with E-state index in [0.717, 1.165) is 47.1 Å². The molecule has 1 aliphatic rings. The fourth-order valence-corrected chi connectivity index (χ4v) is 4.05. The molecule has 1 aliphatic heterocycles. The highest BCUT2D eigenvalue weighted by molar-refractivity contribution is 5.95. The number of pyridine rings is 2. The van der Waals surface area contributed by atoms with Crippen molar-refractivity contribution in [2.75, 3.05) is 13.1 Å². The molecule has 0 N–H and O–H groups in total. The van der Waals surface area contributed by atoms with Crippen molar-refractivity contribution in [1.82, 2.24) is 14.9 Å². The van der Waals surface area contributed by atoms with E-state index in [1.54, 1.807) is 6.20 Å². The van der Waals surface area contributed by atoms with Gasteiger partial charge in [0, 0.05) is 54.1 Å². The zero-order chi connectivity index (χ0) is 19.6. The van der Waals surface area contributed by atoms with Crippen LogP contribution in [0.5, 0.6) is 0 Å². The average molecular weight is 379 g/mol. The van der Waals surface area contributed by atoms with Gasteiger partial charge in [0.25, 0.3) is 5.91 Å². The Kier molecular flexibility index (Phi) is 4.53. The fraction of sp³-hybridized carbons (Fsp3) is 0.160. The van der Waals surface area contributed by atoms with Gasteiger partial charge in [-0.25, -0.2) is 0 Å². The second-order valence-corrected chi connectivity index (χ2v) is 7.52. The van der Waals surface area contributed by atoms with Gasteiger partial charge < -0.3 is 4.90 Å². The molecule has 0 radical (unpaired) electrons.